The number of hydrogen-bond donors (Lipinski definition) is 0. The van der Waals surface area contributed by atoms with Gasteiger partial charge in [-0.25, -0.2) is 8.42 Å². The molecule has 0 radical (unpaired) electrons. The van der Waals surface area contributed by atoms with E-state index < -0.39 is 9.84 Å². The molecule has 88 valence electrons. The molecule has 16 heavy (non-hydrogen) atoms. The summed E-state index contributed by atoms with van der Waals surface area (Å²) in [6, 6.07) is 6.39. The lowest BCUT2D eigenvalue weighted by Gasteiger charge is -2.02. The highest BCUT2D eigenvalue weighted by Crippen LogP contribution is 2.20. The van der Waals surface area contributed by atoms with Crippen molar-refractivity contribution in [1.82, 2.24) is 0 Å². The van der Waals surface area contributed by atoms with Gasteiger partial charge < -0.3 is 4.74 Å². The van der Waals surface area contributed by atoms with E-state index in [4.69, 9.17) is 0 Å². The standard InChI is InChI=1S/C10H12O4S2/c1-14-10(11)7-15-8-3-5-9(6-4-8)16(2,12)13/h3-6H,7H2,1-2H3. The van der Waals surface area contributed by atoms with Crippen LogP contribution in [0.25, 0.3) is 0 Å². The predicted octanol–water partition coefficient (Wildman–Crippen LogP) is 1.36. The van der Waals surface area contributed by atoms with E-state index >= 15 is 0 Å². The first-order valence-electron chi connectivity index (χ1n) is 4.43. The van der Waals surface area contributed by atoms with Gasteiger partial charge >= 0.3 is 5.97 Å². The van der Waals surface area contributed by atoms with Crippen LogP contribution in [0.2, 0.25) is 0 Å². The van der Waals surface area contributed by atoms with E-state index in [1.165, 1.54) is 31.0 Å². The Labute approximate surface area is 98.9 Å². The zero-order chi connectivity index (χ0) is 12.2. The number of methoxy groups -OCH3 is 1. The molecule has 0 saturated carbocycles. The van der Waals surface area contributed by atoms with Crippen LogP contribution in [0.15, 0.2) is 34.1 Å². The quantitative estimate of drug-likeness (QED) is 0.604. The molecule has 1 rings (SSSR count). The van der Waals surface area contributed by atoms with Crippen LogP contribution >= 0.6 is 11.8 Å². The molecule has 6 heteroatoms. The lowest BCUT2D eigenvalue weighted by atomic mass is 10.4. The Morgan fingerprint density at radius 3 is 2.31 bits per heavy atom. The van der Waals surface area contributed by atoms with E-state index in [0.717, 1.165) is 11.2 Å². The fourth-order valence-electron chi connectivity index (χ4n) is 0.984. The summed E-state index contributed by atoms with van der Waals surface area (Å²) in [7, 11) is -1.83. The highest BCUT2D eigenvalue weighted by atomic mass is 32.2. The molecule has 0 N–H and O–H groups in total. The van der Waals surface area contributed by atoms with Crippen LogP contribution in [0, 0.1) is 0 Å². The third kappa shape index (κ3) is 3.86. The molecule has 0 aliphatic carbocycles. The molecule has 0 spiro atoms. The largest absolute Gasteiger partial charge is 0.468 e. The van der Waals surface area contributed by atoms with Crippen molar-refractivity contribution in [2.24, 2.45) is 0 Å². The van der Waals surface area contributed by atoms with Crippen molar-refractivity contribution in [1.29, 1.82) is 0 Å². The Bertz CT molecular complexity index is 462. The van der Waals surface area contributed by atoms with Gasteiger partial charge in [-0.15, -0.1) is 11.8 Å². The highest BCUT2D eigenvalue weighted by molar-refractivity contribution is 8.00. The minimum absolute atomic E-state index is 0.217. The van der Waals surface area contributed by atoms with E-state index in [9.17, 15) is 13.2 Å². The monoisotopic (exact) mass is 260 g/mol. The summed E-state index contributed by atoms with van der Waals surface area (Å²) in [6.07, 6.45) is 1.16. The maximum absolute atomic E-state index is 11.2. The molecule has 1 aromatic carbocycles. The number of carbonyl (C=O) groups is 1. The van der Waals surface area contributed by atoms with E-state index in [1.54, 1.807) is 12.1 Å². The van der Waals surface area contributed by atoms with Crippen molar-refractivity contribution in [3.63, 3.8) is 0 Å². The Kier molecular flexibility index (Phi) is 4.37. The fraction of sp³-hybridized carbons (Fsp3) is 0.300. The Morgan fingerprint density at radius 2 is 1.88 bits per heavy atom. The van der Waals surface area contributed by atoms with Gasteiger partial charge in [-0.1, -0.05) is 0 Å². The van der Waals surface area contributed by atoms with Crippen LogP contribution in [0.1, 0.15) is 0 Å². The van der Waals surface area contributed by atoms with Gasteiger partial charge in [0, 0.05) is 11.2 Å². The normalized spacial score (nSPS) is 11.1. The highest BCUT2D eigenvalue weighted by Gasteiger charge is 2.07. The molecular weight excluding hydrogens is 248 g/mol. The van der Waals surface area contributed by atoms with Crippen LogP contribution < -0.4 is 0 Å². The summed E-state index contributed by atoms with van der Waals surface area (Å²) >= 11 is 1.30. The van der Waals surface area contributed by atoms with Crippen LogP contribution in [0.4, 0.5) is 0 Å². The van der Waals surface area contributed by atoms with Gasteiger partial charge in [-0.2, -0.15) is 0 Å². The smallest absolute Gasteiger partial charge is 0.315 e. The first kappa shape index (κ1) is 13.1. The second-order valence-electron chi connectivity index (χ2n) is 3.11. The Morgan fingerprint density at radius 1 is 1.31 bits per heavy atom. The predicted molar refractivity (Wildman–Crippen MR) is 62.3 cm³/mol. The zero-order valence-corrected chi connectivity index (χ0v) is 10.6. The second kappa shape index (κ2) is 5.36. The van der Waals surface area contributed by atoms with Crippen molar-refractivity contribution in [2.75, 3.05) is 19.1 Å². The number of sulfone groups is 1. The number of carbonyl (C=O) groups excluding carboxylic acids is 1. The molecular formula is C10H12O4S2. The fourth-order valence-corrected chi connectivity index (χ4v) is 2.35. The third-order valence-electron chi connectivity index (χ3n) is 1.84. The molecule has 1 aromatic rings. The molecule has 0 heterocycles. The summed E-state index contributed by atoms with van der Waals surface area (Å²) in [5.74, 6) is -0.0912. The summed E-state index contributed by atoms with van der Waals surface area (Å²) in [5.41, 5.74) is 0. The molecule has 0 saturated heterocycles. The van der Waals surface area contributed by atoms with Gasteiger partial charge in [0.15, 0.2) is 9.84 Å². The zero-order valence-electron chi connectivity index (χ0n) is 8.97. The summed E-state index contributed by atoms with van der Waals surface area (Å²) in [4.78, 5) is 12.0. The van der Waals surface area contributed by atoms with Gasteiger partial charge in [0.05, 0.1) is 17.8 Å². The van der Waals surface area contributed by atoms with E-state index in [-0.39, 0.29) is 16.6 Å². The minimum Gasteiger partial charge on any atom is -0.468 e. The van der Waals surface area contributed by atoms with Crippen LogP contribution in [0.5, 0.6) is 0 Å². The van der Waals surface area contributed by atoms with Crippen molar-refractivity contribution in [2.45, 2.75) is 9.79 Å². The number of hydrogen-bond acceptors (Lipinski definition) is 5. The SMILES string of the molecule is COC(=O)CSc1ccc(S(C)(=O)=O)cc1. The van der Waals surface area contributed by atoms with Crippen molar-refractivity contribution >= 4 is 27.6 Å². The molecule has 0 aliphatic heterocycles. The second-order valence-corrected chi connectivity index (χ2v) is 6.17. The van der Waals surface area contributed by atoms with Crippen LogP contribution in [-0.4, -0.2) is 33.5 Å². The van der Waals surface area contributed by atoms with Gasteiger partial charge in [0.25, 0.3) is 0 Å². The summed E-state index contributed by atoms with van der Waals surface area (Å²) < 4.78 is 26.8. The number of ether oxygens (including phenoxy) is 1. The molecule has 0 atom stereocenters. The number of rotatable bonds is 4. The lowest BCUT2D eigenvalue weighted by molar-refractivity contribution is -0.137. The average Bonchev–Trinajstić information content (AvgIpc) is 2.25. The van der Waals surface area contributed by atoms with Gasteiger partial charge in [0.2, 0.25) is 0 Å². The van der Waals surface area contributed by atoms with Gasteiger partial charge in [-0.3, -0.25) is 4.79 Å². The molecule has 0 aliphatic rings. The Hall–Kier alpha value is -1.01. The molecule has 0 fully saturated rings. The molecule has 0 amide bonds. The van der Waals surface area contributed by atoms with Crippen LogP contribution in [0.3, 0.4) is 0 Å². The van der Waals surface area contributed by atoms with E-state index in [1.807, 2.05) is 0 Å². The van der Waals surface area contributed by atoms with E-state index in [2.05, 4.69) is 4.74 Å². The van der Waals surface area contributed by atoms with Crippen LogP contribution in [-0.2, 0) is 19.4 Å². The van der Waals surface area contributed by atoms with Crippen molar-refractivity contribution in [3.8, 4) is 0 Å². The molecule has 0 bridgehead atoms. The van der Waals surface area contributed by atoms with Gasteiger partial charge in [-0.05, 0) is 24.3 Å². The molecule has 0 aromatic heterocycles. The average molecular weight is 260 g/mol. The van der Waals surface area contributed by atoms with Crippen molar-refractivity contribution in [3.05, 3.63) is 24.3 Å². The number of benzene rings is 1. The summed E-state index contributed by atoms with van der Waals surface area (Å²) in [5, 5.41) is 0. The van der Waals surface area contributed by atoms with E-state index in [0.29, 0.717) is 0 Å². The molecule has 4 nitrogen and oxygen atoms in total. The number of thioether (sulfide) groups is 1. The maximum atomic E-state index is 11.2. The number of esters is 1. The maximum Gasteiger partial charge on any atom is 0.315 e. The molecule has 0 unspecified atom stereocenters. The third-order valence-corrected chi connectivity index (χ3v) is 3.95. The minimum atomic E-state index is -3.16. The first-order chi connectivity index (χ1) is 7.43. The van der Waals surface area contributed by atoms with Gasteiger partial charge in [0.1, 0.15) is 0 Å². The van der Waals surface area contributed by atoms with Crippen molar-refractivity contribution < 1.29 is 17.9 Å². The summed E-state index contributed by atoms with van der Waals surface area (Å²) in [6.45, 7) is 0. The topological polar surface area (TPSA) is 60.4 Å². The Balaban J connectivity index is 2.69. The lowest BCUT2D eigenvalue weighted by Crippen LogP contribution is -2.02. The first-order valence-corrected chi connectivity index (χ1v) is 7.31.